The Morgan fingerprint density at radius 1 is 1.42 bits per heavy atom. The van der Waals surface area contributed by atoms with Crippen LogP contribution in [0.2, 0.25) is 0 Å². The van der Waals surface area contributed by atoms with Crippen molar-refractivity contribution in [2.75, 3.05) is 6.61 Å². The highest BCUT2D eigenvalue weighted by Crippen LogP contribution is 2.16. The van der Waals surface area contributed by atoms with E-state index in [4.69, 9.17) is 4.74 Å². The summed E-state index contributed by atoms with van der Waals surface area (Å²) < 4.78 is 6.17. The number of carbonyl (C=O) groups is 1. The lowest BCUT2D eigenvalue weighted by molar-refractivity contribution is 0.0519. The molecule has 6 heteroatoms. The van der Waals surface area contributed by atoms with Gasteiger partial charge in [-0.3, -0.25) is 9.89 Å². The van der Waals surface area contributed by atoms with Crippen molar-refractivity contribution in [1.29, 1.82) is 0 Å². The first-order valence-corrected chi connectivity index (χ1v) is 5.88. The summed E-state index contributed by atoms with van der Waals surface area (Å²) in [5.41, 5.74) is 0.889. The van der Waals surface area contributed by atoms with E-state index in [1.54, 1.807) is 6.92 Å². The molecule has 0 saturated carbocycles. The van der Waals surface area contributed by atoms with Crippen LogP contribution in [-0.4, -0.2) is 27.2 Å². The van der Waals surface area contributed by atoms with Crippen molar-refractivity contribution >= 4 is 22.5 Å². The largest absolute Gasteiger partial charge is 0.461 e. The topological polar surface area (TPSA) is 76.5 Å². The van der Waals surface area contributed by atoms with E-state index in [9.17, 15) is 9.59 Å². The van der Waals surface area contributed by atoms with Crippen LogP contribution in [0.25, 0.3) is 16.6 Å². The van der Waals surface area contributed by atoms with Crippen molar-refractivity contribution in [2.24, 2.45) is 0 Å². The second-order valence-electron chi connectivity index (χ2n) is 4.02. The molecule has 2 heterocycles. The van der Waals surface area contributed by atoms with Gasteiger partial charge >= 0.3 is 5.97 Å². The van der Waals surface area contributed by atoms with Crippen LogP contribution in [-0.2, 0) is 4.74 Å². The second kappa shape index (κ2) is 4.24. The zero-order valence-corrected chi connectivity index (χ0v) is 10.2. The Labute approximate surface area is 107 Å². The van der Waals surface area contributed by atoms with Gasteiger partial charge in [-0.1, -0.05) is 12.1 Å². The summed E-state index contributed by atoms with van der Waals surface area (Å²) in [6, 6.07) is 8.55. The monoisotopic (exact) mass is 257 g/mol. The van der Waals surface area contributed by atoms with E-state index >= 15 is 0 Å². The van der Waals surface area contributed by atoms with Gasteiger partial charge < -0.3 is 4.74 Å². The normalized spacial score (nSPS) is 11.0. The van der Waals surface area contributed by atoms with Crippen molar-refractivity contribution in [3.63, 3.8) is 0 Å². The third-order valence-corrected chi connectivity index (χ3v) is 2.80. The standard InChI is InChI=1S/C13H11N3O3/c1-2-19-13(18)10-7-11(17)16-12(14-10)8-5-3-4-6-9(8)15-16/h3-7,15H,2H2,1H3. The first-order chi connectivity index (χ1) is 9.20. The van der Waals surface area contributed by atoms with Crippen LogP contribution in [0.4, 0.5) is 0 Å². The Bertz CT molecular complexity index is 832. The highest BCUT2D eigenvalue weighted by atomic mass is 16.5. The fourth-order valence-electron chi connectivity index (χ4n) is 1.98. The number of aromatic amines is 1. The highest BCUT2D eigenvalue weighted by Gasteiger charge is 2.14. The molecule has 0 fully saturated rings. The van der Waals surface area contributed by atoms with Crippen molar-refractivity contribution in [3.05, 3.63) is 46.4 Å². The Morgan fingerprint density at radius 2 is 2.21 bits per heavy atom. The Kier molecular flexibility index (Phi) is 2.56. The lowest BCUT2D eigenvalue weighted by atomic mass is 10.2. The summed E-state index contributed by atoms with van der Waals surface area (Å²) in [6.45, 7) is 1.95. The zero-order valence-electron chi connectivity index (χ0n) is 10.2. The molecule has 0 radical (unpaired) electrons. The lowest BCUT2D eigenvalue weighted by Gasteiger charge is -2.00. The maximum Gasteiger partial charge on any atom is 0.357 e. The summed E-state index contributed by atoms with van der Waals surface area (Å²) in [4.78, 5) is 27.8. The SMILES string of the molecule is CCOC(=O)c1cc(=O)n2[nH]c3ccccc3c2n1. The average molecular weight is 257 g/mol. The second-order valence-corrected chi connectivity index (χ2v) is 4.02. The third kappa shape index (κ3) is 1.77. The van der Waals surface area contributed by atoms with Gasteiger partial charge in [0.25, 0.3) is 5.56 Å². The molecule has 3 rings (SSSR count). The molecule has 2 aromatic heterocycles. The van der Waals surface area contributed by atoms with Gasteiger partial charge in [-0.15, -0.1) is 0 Å². The number of esters is 1. The van der Waals surface area contributed by atoms with E-state index in [1.165, 1.54) is 10.6 Å². The summed E-state index contributed by atoms with van der Waals surface area (Å²) in [7, 11) is 0. The predicted molar refractivity (Wildman–Crippen MR) is 69.3 cm³/mol. The lowest BCUT2D eigenvalue weighted by Crippen LogP contribution is -2.18. The fraction of sp³-hybridized carbons (Fsp3) is 0.154. The molecule has 1 N–H and O–H groups in total. The van der Waals surface area contributed by atoms with E-state index in [0.717, 1.165) is 10.9 Å². The van der Waals surface area contributed by atoms with Gasteiger partial charge in [-0.2, -0.15) is 0 Å². The zero-order chi connectivity index (χ0) is 13.4. The van der Waals surface area contributed by atoms with Crippen molar-refractivity contribution in [2.45, 2.75) is 6.92 Å². The van der Waals surface area contributed by atoms with E-state index in [1.807, 2.05) is 24.3 Å². The summed E-state index contributed by atoms with van der Waals surface area (Å²) >= 11 is 0. The maximum absolute atomic E-state index is 12.0. The number of hydrogen-bond donors (Lipinski definition) is 1. The summed E-state index contributed by atoms with van der Waals surface area (Å²) in [6.07, 6.45) is 0. The fourth-order valence-corrected chi connectivity index (χ4v) is 1.98. The molecule has 0 unspecified atom stereocenters. The molecule has 0 spiro atoms. The highest BCUT2D eigenvalue weighted by molar-refractivity contribution is 5.94. The Hall–Kier alpha value is -2.63. The van der Waals surface area contributed by atoms with E-state index in [0.29, 0.717) is 5.65 Å². The number of benzene rings is 1. The third-order valence-electron chi connectivity index (χ3n) is 2.80. The number of ether oxygens (including phenoxy) is 1. The number of nitrogens with zero attached hydrogens (tertiary/aromatic N) is 2. The summed E-state index contributed by atoms with van der Waals surface area (Å²) in [5, 5.41) is 3.72. The molecule has 0 aliphatic heterocycles. The molecule has 3 aromatic rings. The minimum Gasteiger partial charge on any atom is -0.461 e. The molecule has 0 bridgehead atoms. The molecule has 1 aromatic carbocycles. The number of nitrogens with one attached hydrogen (secondary N) is 1. The average Bonchev–Trinajstić information content (AvgIpc) is 2.78. The van der Waals surface area contributed by atoms with Gasteiger partial charge in [0.2, 0.25) is 0 Å². The number of fused-ring (bicyclic) bond motifs is 3. The number of para-hydroxylation sites is 1. The molecule has 0 atom stereocenters. The number of rotatable bonds is 2. The van der Waals surface area contributed by atoms with Gasteiger partial charge in [0.15, 0.2) is 11.3 Å². The molecular weight excluding hydrogens is 246 g/mol. The van der Waals surface area contributed by atoms with Gasteiger partial charge in [0.1, 0.15) is 0 Å². The van der Waals surface area contributed by atoms with Crippen molar-refractivity contribution < 1.29 is 9.53 Å². The van der Waals surface area contributed by atoms with Crippen LogP contribution in [0, 0.1) is 0 Å². The van der Waals surface area contributed by atoms with Crippen molar-refractivity contribution in [3.8, 4) is 0 Å². The van der Waals surface area contributed by atoms with Gasteiger partial charge in [0, 0.05) is 11.5 Å². The molecule has 96 valence electrons. The van der Waals surface area contributed by atoms with E-state index in [-0.39, 0.29) is 17.9 Å². The van der Waals surface area contributed by atoms with Gasteiger partial charge in [-0.25, -0.2) is 14.3 Å². The van der Waals surface area contributed by atoms with E-state index < -0.39 is 5.97 Å². The Balaban J connectivity index is 2.32. The smallest absolute Gasteiger partial charge is 0.357 e. The predicted octanol–water partition coefficient (Wildman–Crippen LogP) is 1.35. The molecule has 0 aliphatic rings. The first kappa shape index (κ1) is 11.5. The van der Waals surface area contributed by atoms with E-state index in [2.05, 4.69) is 10.1 Å². The Morgan fingerprint density at radius 3 is 3.00 bits per heavy atom. The molecule has 6 nitrogen and oxygen atoms in total. The van der Waals surface area contributed by atoms with Crippen LogP contribution in [0.5, 0.6) is 0 Å². The van der Waals surface area contributed by atoms with Gasteiger partial charge in [-0.05, 0) is 19.1 Å². The molecule has 19 heavy (non-hydrogen) atoms. The quantitative estimate of drug-likeness (QED) is 0.703. The number of hydrogen-bond acceptors (Lipinski definition) is 4. The summed E-state index contributed by atoms with van der Waals surface area (Å²) in [5.74, 6) is -0.590. The van der Waals surface area contributed by atoms with Crippen molar-refractivity contribution in [1.82, 2.24) is 14.6 Å². The van der Waals surface area contributed by atoms with Crippen LogP contribution in [0.15, 0.2) is 35.1 Å². The van der Waals surface area contributed by atoms with Crippen LogP contribution >= 0.6 is 0 Å². The molecular formula is C13H11N3O3. The van der Waals surface area contributed by atoms with Crippen LogP contribution in [0.3, 0.4) is 0 Å². The number of H-pyrrole nitrogens is 1. The molecule has 0 amide bonds. The molecule has 0 aliphatic carbocycles. The molecule has 0 saturated heterocycles. The maximum atomic E-state index is 12.0. The number of aromatic nitrogens is 3. The minimum atomic E-state index is -0.590. The minimum absolute atomic E-state index is 0.0246. The first-order valence-electron chi connectivity index (χ1n) is 5.88. The van der Waals surface area contributed by atoms with Crippen LogP contribution < -0.4 is 5.56 Å². The van der Waals surface area contributed by atoms with Gasteiger partial charge in [0.05, 0.1) is 12.1 Å². The van der Waals surface area contributed by atoms with Crippen LogP contribution in [0.1, 0.15) is 17.4 Å². The number of carbonyl (C=O) groups excluding carboxylic acids is 1.